The number of fused-ring (bicyclic) bond motifs is 1. The van der Waals surface area contributed by atoms with E-state index in [0.29, 0.717) is 6.42 Å². The second-order valence-electron chi connectivity index (χ2n) is 5.28. The quantitative estimate of drug-likeness (QED) is 0.907. The largest absolute Gasteiger partial charge is 0.349 e. The van der Waals surface area contributed by atoms with Crippen molar-refractivity contribution in [1.29, 1.82) is 0 Å². The molecule has 3 rings (SSSR count). The van der Waals surface area contributed by atoms with Crippen LogP contribution in [0.5, 0.6) is 0 Å². The lowest BCUT2D eigenvalue weighted by Crippen LogP contribution is -2.26. The second-order valence-corrected chi connectivity index (χ2v) is 6.70. The summed E-state index contributed by atoms with van der Waals surface area (Å²) in [6, 6.07) is 6.08. The lowest BCUT2D eigenvalue weighted by atomic mass is 10.1. The number of benzene rings is 1. The fraction of sp³-hybridized carbons (Fsp3) is 0.375. The van der Waals surface area contributed by atoms with Crippen molar-refractivity contribution in [3.05, 3.63) is 50.9 Å². The highest BCUT2D eigenvalue weighted by atomic mass is 35.5. The highest BCUT2D eigenvalue weighted by molar-refractivity contribution is 7.09. The number of hydrogen-bond acceptors (Lipinski definition) is 3. The molecule has 0 aliphatic heterocycles. The molecule has 1 aromatic heterocycles. The molecule has 0 spiro atoms. The average Bonchev–Trinajstić information content (AvgIpc) is 3.09. The Hall–Kier alpha value is -1.39. The summed E-state index contributed by atoms with van der Waals surface area (Å²) in [6.45, 7) is 0. The maximum atomic E-state index is 12.1. The van der Waals surface area contributed by atoms with Crippen LogP contribution in [0.4, 0.5) is 0 Å². The molecule has 0 saturated carbocycles. The lowest BCUT2D eigenvalue weighted by Gasteiger charge is -2.14. The molecule has 0 saturated heterocycles. The summed E-state index contributed by atoms with van der Waals surface area (Å²) in [6.07, 6.45) is 6.04. The summed E-state index contributed by atoms with van der Waals surface area (Å²) < 4.78 is 0. The van der Waals surface area contributed by atoms with Crippen LogP contribution in [0.1, 0.15) is 41.4 Å². The van der Waals surface area contributed by atoms with Gasteiger partial charge in [-0.15, -0.1) is 11.3 Å². The SMILES string of the molecule is O=C(CCCc1nccs1)N[C@@H]1CCc2cc(Cl)ccc21. The van der Waals surface area contributed by atoms with Crippen molar-refractivity contribution in [3.63, 3.8) is 0 Å². The van der Waals surface area contributed by atoms with Gasteiger partial charge >= 0.3 is 0 Å². The first-order valence-corrected chi connectivity index (χ1v) is 8.44. The van der Waals surface area contributed by atoms with E-state index in [0.717, 1.165) is 35.7 Å². The molecule has 1 heterocycles. The normalized spacial score (nSPS) is 16.7. The number of thiazole rings is 1. The van der Waals surface area contributed by atoms with Crippen molar-refractivity contribution in [1.82, 2.24) is 10.3 Å². The molecule has 1 aliphatic rings. The molecule has 110 valence electrons. The molecular weight excluding hydrogens is 304 g/mol. The number of nitrogens with zero attached hydrogens (tertiary/aromatic N) is 1. The van der Waals surface area contributed by atoms with Gasteiger partial charge < -0.3 is 5.32 Å². The molecular formula is C16H17ClN2OS. The summed E-state index contributed by atoms with van der Waals surface area (Å²) in [4.78, 5) is 16.3. The van der Waals surface area contributed by atoms with E-state index in [2.05, 4.69) is 10.3 Å². The molecule has 21 heavy (non-hydrogen) atoms. The van der Waals surface area contributed by atoms with E-state index in [1.165, 1.54) is 11.1 Å². The number of carbonyl (C=O) groups excluding carboxylic acids is 1. The van der Waals surface area contributed by atoms with Crippen LogP contribution in [0.15, 0.2) is 29.8 Å². The van der Waals surface area contributed by atoms with Crippen LogP contribution < -0.4 is 5.32 Å². The number of carbonyl (C=O) groups is 1. The summed E-state index contributed by atoms with van der Waals surface area (Å²) in [5.41, 5.74) is 2.48. The molecule has 1 aliphatic carbocycles. The topological polar surface area (TPSA) is 42.0 Å². The first-order chi connectivity index (χ1) is 10.2. The van der Waals surface area contributed by atoms with Gasteiger partial charge in [-0.2, -0.15) is 0 Å². The van der Waals surface area contributed by atoms with Gasteiger partial charge in [0.15, 0.2) is 0 Å². The zero-order chi connectivity index (χ0) is 14.7. The minimum Gasteiger partial charge on any atom is -0.349 e. The van der Waals surface area contributed by atoms with Gasteiger partial charge in [0.1, 0.15) is 0 Å². The average molecular weight is 321 g/mol. The van der Waals surface area contributed by atoms with Crippen LogP contribution in [-0.4, -0.2) is 10.9 Å². The fourth-order valence-corrected chi connectivity index (χ4v) is 3.64. The Morgan fingerprint density at radius 2 is 2.38 bits per heavy atom. The number of aromatic nitrogens is 1. The van der Waals surface area contributed by atoms with Crippen LogP contribution in [0, 0.1) is 0 Å². The van der Waals surface area contributed by atoms with Gasteiger partial charge in [-0.1, -0.05) is 17.7 Å². The summed E-state index contributed by atoms with van der Waals surface area (Å²) in [5.74, 6) is 0.124. The van der Waals surface area contributed by atoms with Crippen LogP contribution >= 0.6 is 22.9 Å². The monoisotopic (exact) mass is 320 g/mol. The van der Waals surface area contributed by atoms with Crippen molar-refractivity contribution in [2.24, 2.45) is 0 Å². The van der Waals surface area contributed by atoms with Crippen LogP contribution in [0.25, 0.3) is 0 Å². The smallest absolute Gasteiger partial charge is 0.220 e. The van der Waals surface area contributed by atoms with Gasteiger partial charge in [-0.25, -0.2) is 4.98 Å². The van der Waals surface area contributed by atoms with Crippen molar-refractivity contribution in [2.75, 3.05) is 0 Å². The molecule has 5 heteroatoms. The Balaban J connectivity index is 1.50. The van der Waals surface area contributed by atoms with Gasteiger partial charge in [0, 0.05) is 23.0 Å². The maximum absolute atomic E-state index is 12.1. The Morgan fingerprint density at radius 3 is 3.19 bits per heavy atom. The Bertz CT molecular complexity index is 627. The number of hydrogen-bond donors (Lipinski definition) is 1. The number of amides is 1. The van der Waals surface area contributed by atoms with Gasteiger partial charge in [-0.3, -0.25) is 4.79 Å². The van der Waals surface area contributed by atoms with Crippen molar-refractivity contribution in [2.45, 2.75) is 38.1 Å². The van der Waals surface area contributed by atoms with E-state index in [4.69, 9.17) is 11.6 Å². The molecule has 1 amide bonds. The predicted molar refractivity (Wildman–Crippen MR) is 85.7 cm³/mol. The fourth-order valence-electron chi connectivity index (χ4n) is 2.78. The van der Waals surface area contributed by atoms with Crippen LogP contribution in [0.2, 0.25) is 5.02 Å². The number of nitrogens with one attached hydrogen (secondary N) is 1. The molecule has 0 radical (unpaired) electrons. The first kappa shape index (κ1) is 14.5. The number of aryl methyl sites for hydroxylation is 2. The third-order valence-electron chi connectivity index (χ3n) is 3.80. The minimum atomic E-state index is 0.124. The third-order valence-corrected chi connectivity index (χ3v) is 4.87. The highest BCUT2D eigenvalue weighted by Crippen LogP contribution is 2.32. The van der Waals surface area contributed by atoms with Gasteiger partial charge in [0.25, 0.3) is 0 Å². The maximum Gasteiger partial charge on any atom is 0.220 e. The molecule has 2 aromatic rings. The van der Waals surface area contributed by atoms with Crippen LogP contribution in [-0.2, 0) is 17.6 Å². The zero-order valence-corrected chi connectivity index (χ0v) is 13.2. The van der Waals surface area contributed by atoms with Crippen molar-refractivity contribution in [3.8, 4) is 0 Å². The Kier molecular flexibility index (Phi) is 4.56. The molecule has 1 atom stereocenters. The molecule has 0 fully saturated rings. The minimum absolute atomic E-state index is 0.124. The van der Waals surface area contributed by atoms with E-state index in [1.807, 2.05) is 23.6 Å². The summed E-state index contributed by atoms with van der Waals surface area (Å²) >= 11 is 7.65. The van der Waals surface area contributed by atoms with Crippen molar-refractivity contribution < 1.29 is 4.79 Å². The van der Waals surface area contributed by atoms with E-state index < -0.39 is 0 Å². The molecule has 0 bridgehead atoms. The van der Waals surface area contributed by atoms with E-state index >= 15 is 0 Å². The van der Waals surface area contributed by atoms with E-state index in [-0.39, 0.29) is 11.9 Å². The van der Waals surface area contributed by atoms with Gasteiger partial charge in [0.05, 0.1) is 11.0 Å². The Labute approximate surface area is 133 Å². The summed E-state index contributed by atoms with van der Waals surface area (Å²) in [7, 11) is 0. The standard InChI is InChI=1S/C16H17ClN2OS/c17-12-5-6-13-11(10-12)4-7-14(13)19-15(20)2-1-3-16-18-8-9-21-16/h5-6,8-10,14H,1-4,7H2,(H,19,20)/t14-/m1/s1. The highest BCUT2D eigenvalue weighted by Gasteiger charge is 2.23. The number of halogens is 1. The zero-order valence-electron chi connectivity index (χ0n) is 11.6. The van der Waals surface area contributed by atoms with Crippen LogP contribution in [0.3, 0.4) is 0 Å². The van der Waals surface area contributed by atoms with Crippen molar-refractivity contribution >= 4 is 28.8 Å². The van der Waals surface area contributed by atoms with Gasteiger partial charge in [0.2, 0.25) is 5.91 Å². The molecule has 0 unspecified atom stereocenters. The molecule has 1 N–H and O–H groups in total. The molecule has 1 aromatic carbocycles. The summed E-state index contributed by atoms with van der Waals surface area (Å²) in [5, 5.41) is 6.97. The second kappa shape index (κ2) is 6.58. The first-order valence-electron chi connectivity index (χ1n) is 7.18. The predicted octanol–water partition coefficient (Wildman–Crippen LogP) is 3.92. The Morgan fingerprint density at radius 1 is 1.48 bits per heavy atom. The van der Waals surface area contributed by atoms with Gasteiger partial charge in [-0.05, 0) is 48.9 Å². The molecule has 3 nitrogen and oxygen atoms in total. The lowest BCUT2D eigenvalue weighted by molar-refractivity contribution is -0.121. The van der Waals surface area contributed by atoms with E-state index in [1.54, 1.807) is 17.5 Å². The third kappa shape index (κ3) is 3.63. The number of rotatable bonds is 5. The van der Waals surface area contributed by atoms with E-state index in [9.17, 15) is 4.79 Å².